The summed E-state index contributed by atoms with van der Waals surface area (Å²) in [5, 5.41) is 26.9. The van der Waals surface area contributed by atoms with Gasteiger partial charge in [-0.3, -0.25) is 0 Å². The minimum Gasteiger partial charge on any atom is -0.508 e. The SMILES string of the molecule is CCNC(=NCc1cc(OC)ccc1O)NCC1(C)CCCCC1O.I. The van der Waals surface area contributed by atoms with Crippen LogP contribution in [0, 0.1) is 5.41 Å². The molecule has 148 valence electrons. The summed E-state index contributed by atoms with van der Waals surface area (Å²) in [7, 11) is 1.60. The molecule has 26 heavy (non-hydrogen) atoms. The number of aliphatic imine (C=N–C) groups is 1. The molecular formula is C19H32IN3O3. The first kappa shape index (κ1) is 22.8. The van der Waals surface area contributed by atoms with Gasteiger partial charge in [-0.2, -0.15) is 0 Å². The lowest BCUT2D eigenvalue weighted by molar-refractivity contribution is 0.00397. The number of hydrogen-bond acceptors (Lipinski definition) is 4. The molecule has 1 aliphatic rings. The van der Waals surface area contributed by atoms with E-state index in [-0.39, 0.29) is 41.2 Å². The van der Waals surface area contributed by atoms with Gasteiger partial charge >= 0.3 is 0 Å². The van der Waals surface area contributed by atoms with Gasteiger partial charge in [0.05, 0.1) is 19.8 Å². The molecule has 6 nitrogen and oxygen atoms in total. The Morgan fingerprint density at radius 1 is 1.35 bits per heavy atom. The largest absolute Gasteiger partial charge is 0.508 e. The Labute approximate surface area is 173 Å². The summed E-state index contributed by atoms with van der Waals surface area (Å²) >= 11 is 0. The van der Waals surface area contributed by atoms with Crippen LogP contribution in [0.3, 0.4) is 0 Å². The van der Waals surface area contributed by atoms with Crippen molar-refractivity contribution in [1.82, 2.24) is 10.6 Å². The lowest BCUT2D eigenvalue weighted by Gasteiger charge is -2.38. The Morgan fingerprint density at radius 2 is 2.12 bits per heavy atom. The van der Waals surface area contributed by atoms with Gasteiger partial charge in [0.1, 0.15) is 11.5 Å². The van der Waals surface area contributed by atoms with Gasteiger partial charge < -0.3 is 25.6 Å². The maximum Gasteiger partial charge on any atom is 0.191 e. The molecule has 1 fully saturated rings. The fraction of sp³-hybridized carbons (Fsp3) is 0.632. The van der Waals surface area contributed by atoms with Crippen molar-refractivity contribution in [2.75, 3.05) is 20.2 Å². The van der Waals surface area contributed by atoms with Crippen LogP contribution < -0.4 is 15.4 Å². The lowest BCUT2D eigenvalue weighted by Crippen LogP contribution is -2.48. The van der Waals surface area contributed by atoms with Crippen molar-refractivity contribution in [3.8, 4) is 11.5 Å². The van der Waals surface area contributed by atoms with Crippen molar-refractivity contribution in [3.05, 3.63) is 23.8 Å². The van der Waals surface area contributed by atoms with Crippen molar-refractivity contribution in [1.29, 1.82) is 0 Å². The number of benzene rings is 1. The number of phenolic OH excluding ortho intramolecular Hbond substituents is 1. The maximum absolute atomic E-state index is 10.3. The summed E-state index contributed by atoms with van der Waals surface area (Å²) in [6.07, 6.45) is 3.85. The molecule has 0 saturated heterocycles. The van der Waals surface area contributed by atoms with Crippen molar-refractivity contribution in [2.45, 2.75) is 52.2 Å². The number of nitrogens with zero attached hydrogens (tertiary/aromatic N) is 1. The molecule has 0 amide bonds. The Hall–Kier alpha value is -1.22. The zero-order valence-electron chi connectivity index (χ0n) is 15.9. The van der Waals surface area contributed by atoms with E-state index in [1.807, 2.05) is 6.92 Å². The highest BCUT2D eigenvalue weighted by molar-refractivity contribution is 14.0. The summed E-state index contributed by atoms with van der Waals surface area (Å²) in [4.78, 5) is 4.56. The van der Waals surface area contributed by atoms with Gasteiger partial charge in [0.2, 0.25) is 0 Å². The number of aliphatic hydroxyl groups is 1. The molecule has 1 saturated carbocycles. The van der Waals surface area contributed by atoms with Crippen LogP contribution >= 0.6 is 24.0 Å². The van der Waals surface area contributed by atoms with E-state index in [4.69, 9.17) is 4.74 Å². The number of methoxy groups -OCH3 is 1. The second-order valence-corrected chi connectivity index (χ2v) is 6.96. The molecule has 0 spiro atoms. The first-order valence-corrected chi connectivity index (χ1v) is 9.04. The van der Waals surface area contributed by atoms with Crippen LogP contribution in [0.4, 0.5) is 0 Å². The molecular weight excluding hydrogens is 445 g/mol. The highest BCUT2D eigenvalue weighted by atomic mass is 127. The summed E-state index contributed by atoms with van der Waals surface area (Å²) in [6.45, 7) is 5.90. The van der Waals surface area contributed by atoms with Crippen LogP contribution in [-0.2, 0) is 6.54 Å². The number of guanidine groups is 1. The number of phenols is 1. The highest BCUT2D eigenvalue weighted by Crippen LogP contribution is 2.35. The molecule has 0 aromatic heterocycles. The predicted octanol–water partition coefficient (Wildman–Crippen LogP) is 3.02. The van der Waals surface area contributed by atoms with Gasteiger partial charge in [0.15, 0.2) is 5.96 Å². The second-order valence-electron chi connectivity index (χ2n) is 6.96. The number of hydrogen-bond donors (Lipinski definition) is 4. The zero-order chi connectivity index (χ0) is 18.3. The van der Waals surface area contributed by atoms with E-state index in [0.29, 0.717) is 30.4 Å². The number of rotatable bonds is 6. The minimum absolute atomic E-state index is 0. The third-order valence-electron chi connectivity index (χ3n) is 4.98. The normalized spacial score (nSPS) is 23.1. The molecule has 1 aromatic carbocycles. The average molecular weight is 477 g/mol. The fourth-order valence-corrected chi connectivity index (χ4v) is 3.19. The van der Waals surface area contributed by atoms with Gasteiger partial charge in [0.25, 0.3) is 0 Å². The summed E-state index contributed by atoms with van der Waals surface area (Å²) in [6, 6.07) is 5.12. The summed E-state index contributed by atoms with van der Waals surface area (Å²) < 4.78 is 5.20. The van der Waals surface area contributed by atoms with Gasteiger partial charge in [-0.15, -0.1) is 24.0 Å². The summed E-state index contributed by atoms with van der Waals surface area (Å²) in [5.74, 6) is 1.58. The third kappa shape index (κ3) is 6.19. The Bertz CT molecular complexity index is 597. The van der Waals surface area contributed by atoms with E-state index in [2.05, 4.69) is 22.5 Å². The predicted molar refractivity (Wildman–Crippen MR) is 115 cm³/mol. The highest BCUT2D eigenvalue weighted by Gasteiger charge is 2.35. The van der Waals surface area contributed by atoms with Gasteiger partial charge in [-0.1, -0.05) is 19.8 Å². The first-order valence-electron chi connectivity index (χ1n) is 9.04. The number of halogens is 1. The van der Waals surface area contributed by atoms with Gasteiger partial charge in [-0.25, -0.2) is 4.99 Å². The number of aliphatic hydroxyl groups excluding tert-OH is 1. The van der Waals surface area contributed by atoms with E-state index >= 15 is 0 Å². The van der Waals surface area contributed by atoms with Crippen LogP contribution in [-0.4, -0.2) is 42.5 Å². The fourth-order valence-electron chi connectivity index (χ4n) is 3.19. The third-order valence-corrected chi connectivity index (χ3v) is 4.98. The Balaban J connectivity index is 0.00000338. The first-order chi connectivity index (χ1) is 12.0. The molecule has 2 unspecified atom stereocenters. The molecule has 2 rings (SSSR count). The molecule has 0 radical (unpaired) electrons. The van der Waals surface area contributed by atoms with Crippen molar-refractivity contribution in [3.63, 3.8) is 0 Å². The van der Waals surface area contributed by atoms with Crippen molar-refractivity contribution < 1.29 is 14.9 Å². The number of nitrogens with one attached hydrogen (secondary N) is 2. The maximum atomic E-state index is 10.3. The lowest BCUT2D eigenvalue weighted by atomic mass is 9.73. The Kier molecular flexibility index (Phi) is 9.49. The number of ether oxygens (including phenoxy) is 1. The topological polar surface area (TPSA) is 86.1 Å². The van der Waals surface area contributed by atoms with E-state index in [0.717, 1.165) is 32.2 Å². The molecule has 2 atom stereocenters. The molecule has 7 heteroatoms. The molecule has 1 aromatic rings. The molecule has 1 aliphatic carbocycles. The smallest absolute Gasteiger partial charge is 0.191 e. The van der Waals surface area contributed by atoms with Crippen molar-refractivity contribution in [2.24, 2.45) is 10.4 Å². The molecule has 4 N–H and O–H groups in total. The van der Waals surface area contributed by atoms with Crippen molar-refractivity contribution >= 4 is 29.9 Å². The average Bonchev–Trinajstić information content (AvgIpc) is 2.61. The monoisotopic (exact) mass is 477 g/mol. The van der Waals surface area contributed by atoms with E-state index in [1.54, 1.807) is 25.3 Å². The zero-order valence-corrected chi connectivity index (χ0v) is 18.2. The van der Waals surface area contributed by atoms with E-state index in [9.17, 15) is 10.2 Å². The van der Waals surface area contributed by atoms with Gasteiger partial charge in [-0.05, 0) is 38.0 Å². The van der Waals surface area contributed by atoms with Crippen LogP contribution in [0.15, 0.2) is 23.2 Å². The van der Waals surface area contributed by atoms with Gasteiger partial charge in [0, 0.05) is 24.1 Å². The standard InChI is InChI=1S/C19H31N3O3.HI/c1-4-20-18(22-13-19(2)10-6-5-7-17(19)24)21-12-14-11-15(25-3)8-9-16(14)23;/h8-9,11,17,23-24H,4-7,10,12-13H2,1-3H3,(H2,20,21,22);1H. The quantitative estimate of drug-likeness (QED) is 0.288. The van der Waals surface area contributed by atoms with E-state index < -0.39 is 0 Å². The van der Waals surface area contributed by atoms with Crippen LogP contribution in [0.1, 0.15) is 45.1 Å². The molecule has 0 heterocycles. The van der Waals surface area contributed by atoms with Crippen LogP contribution in [0.5, 0.6) is 11.5 Å². The van der Waals surface area contributed by atoms with Crippen LogP contribution in [0.2, 0.25) is 0 Å². The molecule has 0 aliphatic heterocycles. The van der Waals surface area contributed by atoms with E-state index in [1.165, 1.54) is 0 Å². The second kappa shape index (κ2) is 10.8. The van der Waals surface area contributed by atoms with Crippen LogP contribution in [0.25, 0.3) is 0 Å². The molecule has 0 bridgehead atoms. The number of aromatic hydroxyl groups is 1. The Morgan fingerprint density at radius 3 is 2.77 bits per heavy atom. The summed E-state index contributed by atoms with van der Waals surface area (Å²) in [5.41, 5.74) is 0.576. The minimum atomic E-state index is -0.279.